The Morgan fingerprint density at radius 2 is 2.04 bits per heavy atom. The van der Waals surface area contributed by atoms with Crippen LogP contribution >= 0.6 is 23.7 Å². The molecule has 2 N–H and O–H groups in total. The van der Waals surface area contributed by atoms with Gasteiger partial charge in [-0.25, -0.2) is 4.98 Å². The Kier molecular flexibility index (Phi) is 5.55. The number of rotatable bonds is 4. The number of halogens is 1. The van der Waals surface area contributed by atoms with Crippen molar-refractivity contribution in [3.8, 4) is 10.6 Å². The zero-order valence-corrected chi connectivity index (χ0v) is 15.5. The number of hydrogen-bond acceptors (Lipinski definition) is 6. The number of fused-ring (bicyclic) bond motifs is 2. The van der Waals surface area contributed by atoms with Crippen molar-refractivity contribution in [2.45, 2.75) is 43.8 Å². The van der Waals surface area contributed by atoms with Crippen molar-refractivity contribution in [1.82, 2.24) is 15.6 Å². The number of nitro groups is 1. The van der Waals surface area contributed by atoms with E-state index in [4.69, 9.17) is 0 Å². The Morgan fingerprint density at radius 3 is 2.73 bits per heavy atom. The van der Waals surface area contributed by atoms with Crippen LogP contribution in [-0.2, 0) is 0 Å². The average molecular weight is 395 g/mol. The van der Waals surface area contributed by atoms with Crippen LogP contribution in [-0.4, -0.2) is 33.9 Å². The molecule has 1 aromatic carbocycles. The van der Waals surface area contributed by atoms with E-state index in [2.05, 4.69) is 15.6 Å². The Morgan fingerprint density at radius 1 is 1.31 bits per heavy atom. The van der Waals surface area contributed by atoms with Gasteiger partial charge in [-0.05, 0) is 25.7 Å². The largest absolute Gasteiger partial charge is 0.348 e. The van der Waals surface area contributed by atoms with E-state index in [0.717, 1.165) is 12.8 Å². The van der Waals surface area contributed by atoms with Gasteiger partial charge in [0.05, 0.1) is 4.92 Å². The quantitative estimate of drug-likeness (QED) is 0.613. The summed E-state index contributed by atoms with van der Waals surface area (Å²) in [7, 11) is 0. The van der Waals surface area contributed by atoms with Crippen LogP contribution in [0.25, 0.3) is 10.6 Å². The zero-order valence-electron chi connectivity index (χ0n) is 13.9. The number of aromatic nitrogens is 1. The lowest BCUT2D eigenvalue weighted by Gasteiger charge is -2.29. The van der Waals surface area contributed by atoms with Crippen LogP contribution in [0.2, 0.25) is 0 Å². The van der Waals surface area contributed by atoms with E-state index in [1.54, 1.807) is 17.5 Å². The van der Waals surface area contributed by atoms with Gasteiger partial charge >= 0.3 is 0 Å². The van der Waals surface area contributed by atoms with Crippen molar-refractivity contribution >= 4 is 35.3 Å². The highest BCUT2D eigenvalue weighted by Crippen LogP contribution is 2.28. The van der Waals surface area contributed by atoms with Gasteiger partial charge in [-0.2, -0.15) is 0 Å². The first kappa shape index (κ1) is 18.8. The van der Waals surface area contributed by atoms with Gasteiger partial charge in [0.2, 0.25) is 0 Å². The molecule has 2 bridgehead atoms. The van der Waals surface area contributed by atoms with Crippen molar-refractivity contribution in [2.24, 2.45) is 0 Å². The molecule has 0 saturated carbocycles. The molecular formula is C17H19ClN4O3S. The highest BCUT2D eigenvalue weighted by atomic mass is 35.5. The van der Waals surface area contributed by atoms with Gasteiger partial charge in [0, 0.05) is 41.2 Å². The molecule has 2 aromatic rings. The summed E-state index contributed by atoms with van der Waals surface area (Å²) in [5.74, 6) is -0.167. The zero-order chi connectivity index (χ0) is 17.4. The van der Waals surface area contributed by atoms with E-state index in [1.165, 1.54) is 36.3 Å². The number of nitrogens with one attached hydrogen (secondary N) is 2. The fourth-order valence-corrected chi connectivity index (χ4v) is 4.49. The minimum atomic E-state index is -0.434. The summed E-state index contributed by atoms with van der Waals surface area (Å²) in [6, 6.07) is 7.52. The van der Waals surface area contributed by atoms with E-state index in [0.29, 0.717) is 28.3 Å². The first-order valence-corrected chi connectivity index (χ1v) is 9.24. The molecule has 2 aliphatic heterocycles. The molecule has 4 rings (SSSR count). The van der Waals surface area contributed by atoms with Crippen LogP contribution in [0.3, 0.4) is 0 Å². The van der Waals surface area contributed by atoms with Gasteiger partial charge in [-0.3, -0.25) is 14.9 Å². The molecule has 0 spiro atoms. The number of hydrogen-bond donors (Lipinski definition) is 2. The summed E-state index contributed by atoms with van der Waals surface area (Å²) < 4.78 is 0. The maximum atomic E-state index is 12.5. The summed E-state index contributed by atoms with van der Waals surface area (Å²) in [6.45, 7) is 0. The molecule has 7 nitrogen and oxygen atoms in total. The van der Waals surface area contributed by atoms with E-state index in [1.807, 2.05) is 0 Å². The van der Waals surface area contributed by atoms with Crippen LogP contribution in [0.5, 0.6) is 0 Å². The van der Waals surface area contributed by atoms with Crippen molar-refractivity contribution in [3.63, 3.8) is 0 Å². The van der Waals surface area contributed by atoms with Gasteiger partial charge in [-0.15, -0.1) is 23.7 Å². The van der Waals surface area contributed by atoms with E-state index in [9.17, 15) is 14.9 Å². The smallest absolute Gasteiger partial charge is 0.270 e. The summed E-state index contributed by atoms with van der Waals surface area (Å²) in [5.41, 5.74) is 1.04. The van der Waals surface area contributed by atoms with Gasteiger partial charge in [0.15, 0.2) is 0 Å². The van der Waals surface area contributed by atoms with Crippen molar-refractivity contribution < 1.29 is 9.72 Å². The summed E-state index contributed by atoms with van der Waals surface area (Å²) in [6.07, 6.45) is 4.30. The number of carbonyl (C=O) groups is 1. The fourth-order valence-electron chi connectivity index (χ4n) is 3.70. The minimum absolute atomic E-state index is 0. The van der Waals surface area contributed by atoms with E-state index in [-0.39, 0.29) is 30.0 Å². The molecule has 2 atom stereocenters. The van der Waals surface area contributed by atoms with Crippen molar-refractivity contribution in [2.75, 3.05) is 0 Å². The van der Waals surface area contributed by atoms with Crippen LogP contribution < -0.4 is 10.6 Å². The SMILES string of the molecule is Cl.O=C(NC1CC2CCC(C1)N2)c1csc(-c2cccc([N+](=O)[O-])c2)n1. The number of thiazole rings is 1. The average Bonchev–Trinajstić information content (AvgIpc) is 3.22. The molecule has 2 saturated heterocycles. The predicted octanol–water partition coefficient (Wildman–Crippen LogP) is 3.15. The molecule has 3 heterocycles. The first-order chi connectivity index (χ1) is 12.1. The Hall–Kier alpha value is -2.03. The molecule has 138 valence electrons. The van der Waals surface area contributed by atoms with Crippen LogP contribution in [0.15, 0.2) is 29.6 Å². The molecule has 0 radical (unpaired) electrons. The van der Waals surface area contributed by atoms with Gasteiger partial charge in [-0.1, -0.05) is 12.1 Å². The number of benzene rings is 1. The first-order valence-electron chi connectivity index (χ1n) is 8.36. The maximum absolute atomic E-state index is 12.5. The molecular weight excluding hydrogens is 376 g/mol. The van der Waals surface area contributed by atoms with Gasteiger partial charge in [0.25, 0.3) is 11.6 Å². The molecule has 0 aliphatic carbocycles. The minimum Gasteiger partial charge on any atom is -0.348 e. The number of piperidine rings is 1. The van der Waals surface area contributed by atoms with Crippen LogP contribution in [0.4, 0.5) is 5.69 Å². The lowest BCUT2D eigenvalue weighted by atomic mass is 10.00. The number of non-ortho nitro benzene ring substituents is 1. The summed E-state index contributed by atoms with van der Waals surface area (Å²) >= 11 is 1.32. The molecule has 2 fully saturated rings. The molecule has 1 aromatic heterocycles. The molecule has 2 aliphatic rings. The Balaban J connectivity index is 0.00000196. The third-order valence-corrected chi connectivity index (χ3v) is 5.74. The van der Waals surface area contributed by atoms with Crippen molar-refractivity contribution in [3.05, 3.63) is 45.5 Å². The topological polar surface area (TPSA) is 97.2 Å². The summed E-state index contributed by atoms with van der Waals surface area (Å²) in [5, 5.41) is 19.9. The number of nitrogens with zero attached hydrogens (tertiary/aromatic N) is 2. The third kappa shape index (κ3) is 3.87. The second-order valence-electron chi connectivity index (χ2n) is 6.62. The standard InChI is InChI=1S/C17H18N4O3S.ClH/c22-16(19-13-7-11-4-5-12(8-13)18-11)15-9-25-17(20-15)10-2-1-3-14(6-10)21(23)24;/h1-3,6,9,11-13,18H,4-5,7-8H2,(H,19,22);1H. The Bertz CT molecular complexity index is 816. The fraction of sp³-hybridized carbons (Fsp3) is 0.412. The van der Waals surface area contributed by atoms with E-state index < -0.39 is 4.92 Å². The van der Waals surface area contributed by atoms with Crippen LogP contribution in [0, 0.1) is 10.1 Å². The van der Waals surface area contributed by atoms with E-state index >= 15 is 0 Å². The molecule has 26 heavy (non-hydrogen) atoms. The lowest BCUT2D eigenvalue weighted by molar-refractivity contribution is -0.384. The third-order valence-electron chi connectivity index (χ3n) is 4.85. The highest BCUT2D eigenvalue weighted by Gasteiger charge is 2.34. The second-order valence-corrected chi connectivity index (χ2v) is 7.48. The van der Waals surface area contributed by atoms with Crippen molar-refractivity contribution in [1.29, 1.82) is 0 Å². The highest BCUT2D eigenvalue weighted by molar-refractivity contribution is 7.13. The monoisotopic (exact) mass is 394 g/mol. The number of carbonyl (C=O) groups excluding carboxylic acids is 1. The molecule has 2 unspecified atom stereocenters. The summed E-state index contributed by atoms with van der Waals surface area (Å²) in [4.78, 5) is 27.3. The number of amides is 1. The predicted molar refractivity (Wildman–Crippen MR) is 102 cm³/mol. The van der Waals surface area contributed by atoms with Gasteiger partial charge < -0.3 is 10.6 Å². The molecule has 9 heteroatoms. The molecule has 1 amide bonds. The second kappa shape index (κ2) is 7.69. The number of nitro benzene ring substituents is 1. The normalized spacial score (nSPS) is 23.9. The van der Waals surface area contributed by atoms with Gasteiger partial charge in [0.1, 0.15) is 10.7 Å². The maximum Gasteiger partial charge on any atom is 0.270 e. The van der Waals surface area contributed by atoms with Crippen LogP contribution in [0.1, 0.15) is 36.2 Å². The lowest BCUT2D eigenvalue weighted by Crippen LogP contribution is -2.48. The Labute approximate surface area is 160 Å².